The van der Waals surface area contributed by atoms with Gasteiger partial charge in [0.2, 0.25) is 0 Å². The number of nitrogens with one attached hydrogen (secondary N) is 1. The minimum atomic E-state index is 0.700. The van der Waals surface area contributed by atoms with Crippen molar-refractivity contribution in [2.45, 2.75) is 26.8 Å². The van der Waals surface area contributed by atoms with Crippen LogP contribution in [0.15, 0.2) is 24.3 Å². The molecular weight excluding hydrogens is 218 g/mol. The van der Waals surface area contributed by atoms with Gasteiger partial charge in [-0.25, -0.2) is 0 Å². The number of aromatic nitrogens is 3. The number of H-pyrrole nitrogens is 1. The Hall–Kier alpha value is -1.42. The molecule has 0 amide bonds. The molecule has 1 aromatic carbocycles. The summed E-state index contributed by atoms with van der Waals surface area (Å²) >= 11 is 5.17. The molecule has 0 saturated carbocycles. The first-order valence-electron chi connectivity index (χ1n) is 5.35. The molecule has 2 aromatic rings. The predicted octanol–water partition coefficient (Wildman–Crippen LogP) is 2.80. The molecule has 1 aromatic heterocycles. The molecule has 4 heteroatoms. The van der Waals surface area contributed by atoms with Crippen molar-refractivity contribution in [1.82, 2.24) is 14.8 Å². The summed E-state index contributed by atoms with van der Waals surface area (Å²) < 4.78 is 2.73. The molecule has 0 radical (unpaired) electrons. The fraction of sp³-hybridized carbons (Fsp3) is 0.333. The van der Waals surface area contributed by atoms with Crippen molar-refractivity contribution >= 4 is 12.2 Å². The summed E-state index contributed by atoms with van der Waals surface area (Å²) in [5, 5.41) is 6.90. The van der Waals surface area contributed by atoms with E-state index < -0.39 is 0 Å². The highest BCUT2D eigenvalue weighted by Crippen LogP contribution is 2.09. The van der Waals surface area contributed by atoms with Crippen molar-refractivity contribution in [1.29, 1.82) is 0 Å². The van der Waals surface area contributed by atoms with Gasteiger partial charge in [0.1, 0.15) is 5.82 Å². The molecule has 0 fully saturated rings. The lowest BCUT2D eigenvalue weighted by Crippen LogP contribution is -2.04. The molecule has 84 valence electrons. The van der Waals surface area contributed by atoms with Gasteiger partial charge in [-0.1, -0.05) is 24.3 Å². The number of nitrogens with zero attached hydrogens (tertiary/aromatic N) is 2. The zero-order chi connectivity index (χ0) is 11.5. The van der Waals surface area contributed by atoms with Crippen LogP contribution in [-0.4, -0.2) is 14.8 Å². The molecule has 0 aliphatic rings. The summed E-state index contributed by atoms with van der Waals surface area (Å²) in [5.41, 5.74) is 2.69. The third-order valence-electron chi connectivity index (χ3n) is 2.82. The summed E-state index contributed by atoms with van der Waals surface area (Å²) in [6.45, 7) is 4.98. The summed E-state index contributed by atoms with van der Waals surface area (Å²) in [6.07, 6.45) is 0.987. The molecule has 0 spiro atoms. The summed E-state index contributed by atoms with van der Waals surface area (Å²) in [7, 11) is 0. The van der Waals surface area contributed by atoms with E-state index in [2.05, 4.69) is 41.4 Å². The van der Waals surface area contributed by atoms with Crippen LogP contribution in [0.5, 0.6) is 0 Å². The third kappa shape index (κ3) is 2.22. The average Bonchev–Trinajstić information content (AvgIpc) is 2.58. The minimum absolute atomic E-state index is 0.700. The Kier molecular flexibility index (Phi) is 3.19. The van der Waals surface area contributed by atoms with Crippen LogP contribution in [0.3, 0.4) is 0 Å². The van der Waals surface area contributed by atoms with E-state index in [-0.39, 0.29) is 0 Å². The maximum absolute atomic E-state index is 5.17. The Bertz CT molecular complexity index is 539. The summed E-state index contributed by atoms with van der Waals surface area (Å²) in [6, 6.07) is 8.43. The van der Waals surface area contributed by atoms with E-state index in [1.165, 1.54) is 11.1 Å². The highest BCUT2D eigenvalue weighted by atomic mass is 32.1. The molecule has 16 heavy (non-hydrogen) atoms. The van der Waals surface area contributed by atoms with Crippen molar-refractivity contribution < 1.29 is 0 Å². The summed E-state index contributed by atoms with van der Waals surface area (Å²) in [5.74, 6) is 0.943. The molecule has 0 bridgehead atoms. The van der Waals surface area contributed by atoms with Crippen LogP contribution in [0.25, 0.3) is 0 Å². The molecule has 0 saturated heterocycles. The Labute approximate surface area is 100 Å². The van der Waals surface area contributed by atoms with E-state index >= 15 is 0 Å². The quantitative estimate of drug-likeness (QED) is 0.827. The largest absolute Gasteiger partial charge is 0.304 e. The van der Waals surface area contributed by atoms with Crippen molar-refractivity contribution in [3.8, 4) is 0 Å². The normalized spacial score (nSPS) is 10.6. The zero-order valence-electron chi connectivity index (χ0n) is 9.53. The van der Waals surface area contributed by atoms with Gasteiger partial charge in [-0.15, -0.1) is 0 Å². The van der Waals surface area contributed by atoms with Crippen LogP contribution in [-0.2, 0) is 13.0 Å². The first-order chi connectivity index (χ1) is 7.68. The second kappa shape index (κ2) is 4.61. The lowest BCUT2D eigenvalue weighted by Gasteiger charge is -2.06. The number of hydrogen-bond donors (Lipinski definition) is 1. The lowest BCUT2D eigenvalue weighted by molar-refractivity contribution is 0.663. The molecule has 1 heterocycles. The van der Waals surface area contributed by atoms with Crippen LogP contribution in [0, 0.1) is 18.6 Å². The van der Waals surface area contributed by atoms with Crippen LogP contribution >= 0.6 is 12.2 Å². The van der Waals surface area contributed by atoms with Crippen LogP contribution in [0.1, 0.15) is 17.0 Å². The first-order valence-corrected chi connectivity index (χ1v) is 5.75. The molecule has 1 N–H and O–H groups in total. The predicted molar refractivity (Wildman–Crippen MR) is 67.0 cm³/mol. The monoisotopic (exact) mass is 233 g/mol. The molecular formula is C12H15N3S. The fourth-order valence-corrected chi connectivity index (χ4v) is 2.05. The van der Waals surface area contributed by atoms with E-state index in [9.17, 15) is 0 Å². The second-order valence-electron chi connectivity index (χ2n) is 3.90. The van der Waals surface area contributed by atoms with E-state index in [4.69, 9.17) is 12.2 Å². The van der Waals surface area contributed by atoms with Crippen LogP contribution in [0.4, 0.5) is 0 Å². The van der Waals surface area contributed by atoms with Crippen LogP contribution < -0.4 is 0 Å². The van der Waals surface area contributed by atoms with Gasteiger partial charge < -0.3 is 4.57 Å². The van der Waals surface area contributed by atoms with Gasteiger partial charge in [-0.3, -0.25) is 5.10 Å². The SMILES string of the molecule is Cc1ccccc1CCn1c(C)n[nH]c1=S. The highest BCUT2D eigenvalue weighted by Gasteiger charge is 2.02. The smallest absolute Gasteiger partial charge is 0.195 e. The molecule has 0 atom stereocenters. The third-order valence-corrected chi connectivity index (χ3v) is 3.13. The molecule has 2 rings (SSSR count). The molecule has 3 nitrogen and oxygen atoms in total. The van der Waals surface area contributed by atoms with Crippen LogP contribution in [0.2, 0.25) is 0 Å². The van der Waals surface area contributed by atoms with Gasteiger partial charge in [0.15, 0.2) is 4.77 Å². The number of aryl methyl sites for hydroxylation is 3. The molecule has 0 aliphatic carbocycles. The van der Waals surface area contributed by atoms with Crippen molar-refractivity contribution in [2.24, 2.45) is 0 Å². The van der Waals surface area contributed by atoms with Gasteiger partial charge in [-0.2, -0.15) is 5.10 Å². The minimum Gasteiger partial charge on any atom is -0.304 e. The molecule has 0 unspecified atom stereocenters. The van der Waals surface area contributed by atoms with E-state index in [1.54, 1.807) is 0 Å². The highest BCUT2D eigenvalue weighted by molar-refractivity contribution is 7.71. The van der Waals surface area contributed by atoms with Gasteiger partial charge in [0.25, 0.3) is 0 Å². The van der Waals surface area contributed by atoms with E-state index in [1.807, 2.05) is 11.5 Å². The van der Waals surface area contributed by atoms with Gasteiger partial charge in [0, 0.05) is 6.54 Å². The van der Waals surface area contributed by atoms with Crippen molar-refractivity contribution in [3.05, 3.63) is 46.0 Å². The zero-order valence-corrected chi connectivity index (χ0v) is 10.3. The lowest BCUT2D eigenvalue weighted by atomic mass is 10.1. The average molecular weight is 233 g/mol. The van der Waals surface area contributed by atoms with E-state index in [0.717, 1.165) is 18.8 Å². The number of hydrogen-bond acceptors (Lipinski definition) is 2. The topological polar surface area (TPSA) is 33.6 Å². The maximum Gasteiger partial charge on any atom is 0.195 e. The standard InChI is InChI=1S/C12H15N3S/c1-9-5-3-4-6-11(9)7-8-15-10(2)13-14-12(15)16/h3-6H,7-8H2,1-2H3,(H,14,16). The Morgan fingerprint density at radius 3 is 2.69 bits per heavy atom. The second-order valence-corrected chi connectivity index (χ2v) is 4.29. The first kappa shape index (κ1) is 11.1. The van der Waals surface area contributed by atoms with E-state index in [0.29, 0.717) is 4.77 Å². The summed E-state index contributed by atoms with van der Waals surface area (Å²) in [4.78, 5) is 0. The maximum atomic E-state index is 5.17. The van der Waals surface area contributed by atoms with Gasteiger partial charge >= 0.3 is 0 Å². The molecule has 0 aliphatic heterocycles. The van der Waals surface area contributed by atoms with Gasteiger partial charge in [0.05, 0.1) is 0 Å². The van der Waals surface area contributed by atoms with Crippen molar-refractivity contribution in [3.63, 3.8) is 0 Å². The number of rotatable bonds is 3. The van der Waals surface area contributed by atoms with Gasteiger partial charge in [-0.05, 0) is 43.6 Å². The Morgan fingerprint density at radius 2 is 2.06 bits per heavy atom. The fourth-order valence-electron chi connectivity index (χ4n) is 1.78. The Morgan fingerprint density at radius 1 is 1.31 bits per heavy atom. The Balaban J connectivity index is 2.14. The number of aromatic amines is 1. The number of benzene rings is 1. The van der Waals surface area contributed by atoms with Crippen molar-refractivity contribution in [2.75, 3.05) is 0 Å².